The van der Waals surface area contributed by atoms with Gasteiger partial charge in [0.25, 0.3) is 0 Å². The Morgan fingerprint density at radius 3 is 3.12 bits per heavy atom. The van der Waals surface area contributed by atoms with E-state index in [0.717, 1.165) is 29.4 Å². The molecule has 1 aromatic heterocycles. The van der Waals surface area contributed by atoms with Crippen molar-refractivity contribution in [3.05, 3.63) is 35.0 Å². The Hall–Kier alpha value is -0.990. The van der Waals surface area contributed by atoms with Gasteiger partial charge in [0.2, 0.25) is 0 Å². The van der Waals surface area contributed by atoms with Crippen molar-refractivity contribution >= 4 is 22.5 Å². The molecule has 0 spiro atoms. The second-order valence-corrected chi connectivity index (χ2v) is 5.30. The maximum atomic E-state index is 6.25. The molecule has 3 heteroatoms. The van der Waals surface area contributed by atoms with Gasteiger partial charge in [-0.25, -0.2) is 0 Å². The second-order valence-electron chi connectivity index (χ2n) is 4.89. The highest BCUT2D eigenvalue weighted by atomic mass is 35.5. The molecule has 1 saturated heterocycles. The first-order valence-corrected chi connectivity index (χ1v) is 6.67. The van der Waals surface area contributed by atoms with E-state index in [9.17, 15) is 0 Å². The molecule has 1 atom stereocenters. The first kappa shape index (κ1) is 11.1. The predicted octanol–water partition coefficient (Wildman–Crippen LogP) is 3.36. The van der Waals surface area contributed by atoms with Crippen molar-refractivity contribution in [2.45, 2.75) is 19.3 Å². The van der Waals surface area contributed by atoms with Crippen LogP contribution in [0.3, 0.4) is 0 Å². The van der Waals surface area contributed by atoms with Crippen LogP contribution in [-0.4, -0.2) is 18.1 Å². The molecule has 2 aromatic rings. The molecule has 0 amide bonds. The standard InChI is InChI=1S/C14H17ClN2/c15-12-9-17-13-5-1-4-11(14(12)13)7-10-3-2-6-16-8-10/h1,4-5,9-10,16-17H,2-3,6-8H2. The average Bonchev–Trinajstić information content (AvgIpc) is 2.74. The van der Waals surface area contributed by atoms with Crippen molar-refractivity contribution in [2.75, 3.05) is 13.1 Å². The van der Waals surface area contributed by atoms with Crippen molar-refractivity contribution in [1.29, 1.82) is 0 Å². The number of fused-ring (bicyclic) bond motifs is 1. The number of aromatic nitrogens is 1. The van der Waals surface area contributed by atoms with E-state index in [2.05, 4.69) is 28.5 Å². The van der Waals surface area contributed by atoms with E-state index < -0.39 is 0 Å². The fourth-order valence-electron chi connectivity index (χ4n) is 2.80. The van der Waals surface area contributed by atoms with Gasteiger partial charge >= 0.3 is 0 Å². The fraction of sp³-hybridized carbons (Fsp3) is 0.429. The molecule has 2 heterocycles. The summed E-state index contributed by atoms with van der Waals surface area (Å²) in [7, 11) is 0. The Balaban J connectivity index is 1.91. The molecule has 1 aromatic carbocycles. The lowest BCUT2D eigenvalue weighted by Gasteiger charge is -2.23. The van der Waals surface area contributed by atoms with Gasteiger partial charge in [-0.15, -0.1) is 0 Å². The third kappa shape index (κ3) is 2.20. The van der Waals surface area contributed by atoms with Gasteiger partial charge < -0.3 is 10.3 Å². The third-order valence-corrected chi connectivity index (χ3v) is 3.95. The predicted molar refractivity (Wildman–Crippen MR) is 72.6 cm³/mol. The highest BCUT2D eigenvalue weighted by molar-refractivity contribution is 6.35. The minimum atomic E-state index is 0.750. The van der Waals surface area contributed by atoms with Gasteiger partial charge in [-0.1, -0.05) is 23.7 Å². The Labute approximate surface area is 106 Å². The molecule has 1 aliphatic heterocycles. The summed E-state index contributed by atoms with van der Waals surface area (Å²) in [6, 6.07) is 6.40. The topological polar surface area (TPSA) is 27.8 Å². The molecular formula is C14H17ClN2. The van der Waals surface area contributed by atoms with Gasteiger partial charge in [0.1, 0.15) is 0 Å². The first-order chi connectivity index (χ1) is 8.34. The molecule has 90 valence electrons. The van der Waals surface area contributed by atoms with Crippen molar-refractivity contribution in [3.63, 3.8) is 0 Å². The summed E-state index contributed by atoms with van der Waals surface area (Å²) in [4.78, 5) is 3.22. The first-order valence-electron chi connectivity index (χ1n) is 6.30. The monoisotopic (exact) mass is 248 g/mol. The summed E-state index contributed by atoms with van der Waals surface area (Å²) in [5.41, 5.74) is 2.53. The lowest BCUT2D eigenvalue weighted by atomic mass is 9.91. The van der Waals surface area contributed by atoms with Crippen LogP contribution in [0.25, 0.3) is 10.9 Å². The van der Waals surface area contributed by atoms with Crippen LogP contribution in [0.5, 0.6) is 0 Å². The largest absolute Gasteiger partial charge is 0.360 e. The highest BCUT2D eigenvalue weighted by Crippen LogP contribution is 2.29. The van der Waals surface area contributed by atoms with Crippen LogP contribution >= 0.6 is 11.6 Å². The van der Waals surface area contributed by atoms with Gasteiger partial charge in [0, 0.05) is 17.1 Å². The molecule has 2 nitrogen and oxygen atoms in total. The summed E-state index contributed by atoms with van der Waals surface area (Å²) >= 11 is 6.25. The lowest BCUT2D eigenvalue weighted by molar-refractivity contribution is 0.377. The summed E-state index contributed by atoms with van der Waals surface area (Å²) in [6.45, 7) is 2.31. The smallest absolute Gasteiger partial charge is 0.0661 e. The number of piperidine rings is 1. The van der Waals surface area contributed by atoms with E-state index >= 15 is 0 Å². The highest BCUT2D eigenvalue weighted by Gasteiger charge is 2.15. The van der Waals surface area contributed by atoms with Crippen LogP contribution in [0.15, 0.2) is 24.4 Å². The Kier molecular flexibility index (Phi) is 3.08. The maximum absolute atomic E-state index is 6.25. The average molecular weight is 249 g/mol. The molecule has 17 heavy (non-hydrogen) atoms. The summed E-state index contributed by atoms with van der Waals surface area (Å²) in [5.74, 6) is 0.750. The number of H-pyrrole nitrogens is 1. The molecule has 1 aliphatic rings. The van der Waals surface area contributed by atoms with Crippen LogP contribution in [0.2, 0.25) is 5.02 Å². The fourth-order valence-corrected chi connectivity index (χ4v) is 3.07. The van der Waals surface area contributed by atoms with Crippen molar-refractivity contribution in [2.24, 2.45) is 5.92 Å². The Morgan fingerprint density at radius 1 is 1.35 bits per heavy atom. The quantitative estimate of drug-likeness (QED) is 0.838. The van der Waals surface area contributed by atoms with Crippen LogP contribution < -0.4 is 5.32 Å². The maximum Gasteiger partial charge on any atom is 0.0661 e. The zero-order chi connectivity index (χ0) is 11.7. The number of hydrogen-bond donors (Lipinski definition) is 2. The number of halogens is 1. The van der Waals surface area contributed by atoms with Crippen LogP contribution in [0, 0.1) is 5.92 Å². The van der Waals surface area contributed by atoms with Crippen molar-refractivity contribution < 1.29 is 0 Å². The van der Waals surface area contributed by atoms with Gasteiger partial charge in [-0.05, 0) is 49.9 Å². The van der Waals surface area contributed by atoms with Gasteiger partial charge in [0.15, 0.2) is 0 Å². The SMILES string of the molecule is Clc1c[nH]c2cccc(CC3CCCNC3)c12. The number of aromatic amines is 1. The second kappa shape index (κ2) is 4.71. The number of nitrogens with one attached hydrogen (secondary N) is 2. The zero-order valence-corrected chi connectivity index (χ0v) is 10.6. The number of rotatable bonds is 2. The molecule has 0 radical (unpaired) electrons. The van der Waals surface area contributed by atoms with E-state index in [1.54, 1.807) is 0 Å². The molecule has 3 rings (SSSR count). The molecular weight excluding hydrogens is 232 g/mol. The zero-order valence-electron chi connectivity index (χ0n) is 9.80. The van der Waals surface area contributed by atoms with Crippen molar-refractivity contribution in [3.8, 4) is 0 Å². The minimum absolute atomic E-state index is 0.750. The van der Waals surface area contributed by atoms with Gasteiger partial charge in [0.05, 0.1) is 5.02 Å². The Bertz CT molecular complexity index is 512. The third-order valence-electron chi connectivity index (χ3n) is 3.65. The summed E-state index contributed by atoms with van der Waals surface area (Å²) in [6.07, 6.45) is 5.63. The summed E-state index contributed by atoms with van der Waals surface area (Å²) in [5, 5.41) is 5.53. The molecule has 0 bridgehead atoms. The van der Waals surface area contributed by atoms with E-state index in [4.69, 9.17) is 11.6 Å². The van der Waals surface area contributed by atoms with Gasteiger partial charge in [-0.2, -0.15) is 0 Å². The van der Waals surface area contributed by atoms with E-state index in [1.165, 1.54) is 30.3 Å². The molecule has 0 saturated carbocycles. The molecule has 2 N–H and O–H groups in total. The lowest BCUT2D eigenvalue weighted by Crippen LogP contribution is -2.30. The van der Waals surface area contributed by atoms with Crippen LogP contribution in [0.4, 0.5) is 0 Å². The molecule has 0 aliphatic carbocycles. The van der Waals surface area contributed by atoms with Gasteiger partial charge in [-0.3, -0.25) is 0 Å². The summed E-state index contributed by atoms with van der Waals surface area (Å²) < 4.78 is 0. The van der Waals surface area contributed by atoms with E-state index in [-0.39, 0.29) is 0 Å². The normalized spacial score (nSPS) is 20.9. The molecule has 1 fully saturated rings. The van der Waals surface area contributed by atoms with E-state index in [0.29, 0.717) is 0 Å². The van der Waals surface area contributed by atoms with Crippen molar-refractivity contribution in [1.82, 2.24) is 10.3 Å². The number of hydrogen-bond acceptors (Lipinski definition) is 1. The molecule has 1 unspecified atom stereocenters. The minimum Gasteiger partial charge on any atom is -0.360 e. The Morgan fingerprint density at radius 2 is 2.29 bits per heavy atom. The number of benzene rings is 1. The van der Waals surface area contributed by atoms with Crippen LogP contribution in [0.1, 0.15) is 18.4 Å². The van der Waals surface area contributed by atoms with E-state index in [1.807, 2.05) is 6.20 Å². The van der Waals surface area contributed by atoms with Crippen LogP contribution in [-0.2, 0) is 6.42 Å².